The molecular weight excluding hydrogens is 464 g/mol. The summed E-state index contributed by atoms with van der Waals surface area (Å²) >= 11 is 0. The van der Waals surface area contributed by atoms with Crippen molar-refractivity contribution < 1.29 is 18.7 Å². The van der Waals surface area contributed by atoms with Crippen LogP contribution in [0.1, 0.15) is 56.3 Å². The molecule has 188 valence electrons. The van der Waals surface area contributed by atoms with Gasteiger partial charge in [-0.3, -0.25) is 14.3 Å². The zero-order valence-corrected chi connectivity index (χ0v) is 22.4. The summed E-state index contributed by atoms with van der Waals surface area (Å²) in [6.07, 6.45) is 0.448. The van der Waals surface area contributed by atoms with Crippen LogP contribution in [-0.2, 0) is 13.9 Å². The number of hydrogen-bond acceptors (Lipinski definition) is 6. The maximum absolute atomic E-state index is 12.7. The normalized spacial score (nSPS) is 22.4. The molecular formula is C26H34N2O6Si. The number of ether oxygens (including phenoxy) is 2. The number of esters is 1. The first-order chi connectivity index (χ1) is 16.3. The van der Waals surface area contributed by atoms with Crippen molar-refractivity contribution >= 4 is 14.3 Å². The number of aromatic amines is 1. The Kier molecular flexibility index (Phi) is 7.60. The number of H-pyrrole nitrogens is 1. The van der Waals surface area contributed by atoms with E-state index < -0.39 is 43.5 Å². The minimum atomic E-state index is -2.31. The third-order valence-electron chi connectivity index (χ3n) is 6.75. The molecule has 1 aromatic carbocycles. The summed E-state index contributed by atoms with van der Waals surface area (Å²) in [5.74, 6) is 5.49. The predicted octanol–water partition coefficient (Wildman–Crippen LogP) is 3.77. The average Bonchev–Trinajstić information content (AvgIpc) is 3.12. The van der Waals surface area contributed by atoms with E-state index in [1.54, 1.807) is 38.1 Å². The summed E-state index contributed by atoms with van der Waals surface area (Å²) in [5, 5.41) is -0.0946. The van der Waals surface area contributed by atoms with Gasteiger partial charge in [0, 0.05) is 18.2 Å². The molecule has 3 atom stereocenters. The van der Waals surface area contributed by atoms with Crippen molar-refractivity contribution in [3.8, 4) is 11.8 Å². The Morgan fingerprint density at radius 2 is 1.91 bits per heavy atom. The van der Waals surface area contributed by atoms with Gasteiger partial charge >= 0.3 is 11.7 Å². The molecule has 35 heavy (non-hydrogen) atoms. The fourth-order valence-corrected chi connectivity index (χ4v) is 5.05. The van der Waals surface area contributed by atoms with Crippen LogP contribution in [0.2, 0.25) is 18.1 Å². The summed E-state index contributed by atoms with van der Waals surface area (Å²) < 4.78 is 20.2. The predicted molar refractivity (Wildman–Crippen MR) is 136 cm³/mol. The van der Waals surface area contributed by atoms with E-state index in [-0.39, 0.29) is 11.6 Å². The fourth-order valence-electron chi connectivity index (χ4n) is 3.70. The second-order valence-corrected chi connectivity index (χ2v) is 15.1. The maximum atomic E-state index is 12.7. The number of carbonyl (C=O) groups excluding carboxylic acids is 1. The van der Waals surface area contributed by atoms with Crippen LogP contribution in [0.25, 0.3) is 0 Å². The van der Waals surface area contributed by atoms with Crippen LogP contribution in [0.5, 0.6) is 0 Å². The highest BCUT2D eigenvalue weighted by atomic mass is 28.4. The molecule has 1 aromatic heterocycles. The number of aryl methyl sites for hydroxylation is 1. The Bertz CT molecular complexity index is 1250. The molecule has 9 heteroatoms. The lowest BCUT2D eigenvalue weighted by molar-refractivity contribution is -0.0931. The number of aromatic nitrogens is 2. The molecule has 1 saturated heterocycles. The maximum Gasteiger partial charge on any atom is 0.338 e. The summed E-state index contributed by atoms with van der Waals surface area (Å²) in [6.45, 7) is 13.8. The van der Waals surface area contributed by atoms with Crippen molar-refractivity contribution in [2.75, 3.05) is 6.61 Å². The van der Waals surface area contributed by atoms with Crippen molar-refractivity contribution in [2.24, 2.45) is 0 Å². The number of benzene rings is 1. The van der Waals surface area contributed by atoms with E-state index in [9.17, 15) is 14.4 Å². The van der Waals surface area contributed by atoms with E-state index >= 15 is 0 Å². The largest absolute Gasteiger partial charge is 0.458 e. The highest BCUT2D eigenvalue weighted by molar-refractivity contribution is 6.74. The lowest BCUT2D eigenvalue weighted by Crippen LogP contribution is -2.52. The van der Waals surface area contributed by atoms with Crippen LogP contribution in [0.3, 0.4) is 0 Å². The molecule has 0 saturated carbocycles. The first-order valence-electron chi connectivity index (χ1n) is 11.6. The molecule has 0 aliphatic carbocycles. The second kappa shape index (κ2) is 9.97. The van der Waals surface area contributed by atoms with E-state index in [1.807, 2.05) is 6.07 Å². The highest BCUT2D eigenvalue weighted by Gasteiger charge is 2.54. The van der Waals surface area contributed by atoms with Crippen molar-refractivity contribution in [2.45, 2.75) is 77.1 Å². The van der Waals surface area contributed by atoms with Gasteiger partial charge in [-0.25, -0.2) is 9.59 Å². The molecule has 0 spiro atoms. The van der Waals surface area contributed by atoms with Crippen LogP contribution in [0, 0.1) is 18.8 Å². The Morgan fingerprint density at radius 3 is 2.51 bits per heavy atom. The number of hydrogen-bond donors (Lipinski definition) is 1. The van der Waals surface area contributed by atoms with Crippen LogP contribution >= 0.6 is 0 Å². The standard InChI is InChI=1S/C26H34N2O6Si/c1-8-14-26(17-32-23(30)19-12-10-9-11-13-19)20(34-35(6,7)25(3,4)5)15-21(33-26)28-16-18(2)22(29)27-24(28)31/h9-13,16,20-21H,15,17H2,1-7H3,(H,27,29,31)/t20-,21-,26-/m1/s1. The van der Waals surface area contributed by atoms with Gasteiger partial charge in [-0.1, -0.05) is 44.9 Å². The minimum absolute atomic E-state index is 0.0946. The van der Waals surface area contributed by atoms with E-state index in [4.69, 9.17) is 13.9 Å². The molecule has 2 aromatic rings. The lowest BCUT2D eigenvalue weighted by atomic mass is 9.98. The molecule has 1 aliphatic heterocycles. The molecule has 0 radical (unpaired) electrons. The van der Waals surface area contributed by atoms with E-state index in [2.05, 4.69) is 50.7 Å². The van der Waals surface area contributed by atoms with Gasteiger partial charge in [-0.05, 0) is 44.1 Å². The SMILES string of the molecule is CC#C[C@]1(COC(=O)c2ccccc2)O[C@@H](n2cc(C)c(=O)[nH]c2=O)C[C@H]1O[Si](C)(C)C(C)(C)C. The molecule has 0 amide bonds. The van der Waals surface area contributed by atoms with Crippen LogP contribution in [-0.4, -0.2) is 42.1 Å². The molecule has 8 nitrogen and oxygen atoms in total. The van der Waals surface area contributed by atoms with Gasteiger partial charge in [0.1, 0.15) is 12.8 Å². The van der Waals surface area contributed by atoms with Crippen molar-refractivity contribution in [3.63, 3.8) is 0 Å². The van der Waals surface area contributed by atoms with E-state index in [0.29, 0.717) is 17.5 Å². The molecule has 0 bridgehead atoms. The quantitative estimate of drug-likeness (QED) is 0.370. The first-order valence-corrected chi connectivity index (χ1v) is 14.5. The monoisotopic (exact) mass is 498 g/mol. The Morgan fingerprint density at radius 1 is 1.26 bits per heavy atom. The van der Waals surface area contributed by atoms with E-state index in [0.717, 1.165) is 0 Å². The van der Waals surface area contributed by atoms with E-state index in [1.165, 1.54) is 10.8 Å². The Hall–Kier alpha value is -2.93. The molecule has 0 unspecified atom stereocenters. The third-order valence-corrected chi connectivity index (χ3v) is 11.2. The number of nitrogens with one attached hydrogen (secondary N) is 1. The van der Waals surface area contributed by atoms with Gasteiger partial charge in [-0.15, -0.1) is 5.92 Å². The van der Waals surface area contributed by atoms with Crippen LogP contribution in [0.4, 0.5) is 0 Å². The molecule has 2 heterocycles. The molecule has 3 rings (SSSR count). The number of carbonyl (C=O) groups is 1. The number of rotatable bonds is 6. The number of nitrogens with zero attached hydrogens (tertiary/aromatic N) is 1. The van der Waals surface area contributed by atoms with Gasteiger partial charge in [-0.2, -0.15) is 0 Å². The molecule has 1 N–H and O–H groups in total. The average molecular weight is 499 g/mol. The second-order valence-electron chi connectivity index (χ2n) is 10.4. The summed E-state index contributed by atoms with van der Waals surface area (Å²) in [6, 6.07) is 8.68. The summed E-state index contributed by atoms with van der Waals surface area (Å²) in [7, 11) is -2.31. The smallest absolute Gasteiger partial charge is 0.338 e. The van der Waals surface area contributed by atoms with Gasteiger partial charge in [0.2, 0.25) is 0 Å². The minimum Gasteiger partial charge on any atom is -0.458 e. The first kappa shape index (κ1) is 26.7. The van der Waals surface area contributed by atoms with Crippen molar-refractivity contribution in [3.05, 3.63) is 68.5 Å². The van der Waals surface area contributed by atoms with Gasteiger partial charge in [0.05, 0.1) is 11.7 Å². The fraction of sp³-hybridized carbons (Fsp3) is 0.500. The van der Waals surface area contributed by atoms with Gasteiger partial charge in [0.25, 0.3) is 5.56 Å². The Balaban J connectivity index is 2.01. The zero-order valence-electron chi connectivity index (χ0n) is 21.4. The lowest BCUT2D eigenvalue weighted by Gasteiger charge is -2.41. The van der Waals surface area contributed by atoms with Crippen LogP contribution < -0.4 is 11.2 Å². The molecule has 1 fully saturated rings. The topological polar surface area (TPSA) is 99.6 Å². The van der Waals surface area contributed by atoms with Crippen LogP contribution in [0.15, 0.2) is 46.1 Å². The summed E-state index contributed by atoms with van der Waals surface area (Å²) in [4.78, 5) is 39.6. The zero-order chi connectivity index (χ0) is 26.0. The molecule has 1 aliphatic rings. The third kappa shape index (κ3) is 5.67. The van der Waals surface area contributed by atoms with Crippen molar-refractivity contribution in [1.82, 2.24) is 9.55 Å². The summed E-state index contributed by atoms with van der Waals surface area (Å²) in [5.41, 5.74) is -1.53. The van der Waals surface area contributed by atoms with Crippen molar-refractivity contribution in [1.29, 1.82) is 0 Å². The highest BCUT2D eigenvalue weighted by Crippen LogP contribution is 2.44. The van der Waals surface area contributed by atoms with Gasteiger partial charge < -0.3 is 13.9 Å². The van der Waals surface area contributed by atoms with Gasteiger partial charge in [0.15, 0.2) is 13.9 Å². The Labute approximate surface area is 206 Å².